The first-order valence-electron chi connectivity index (χ1n) is 6.76. The lowest BCUT2D eigenvalue weighted by Gasteiger charge is -2.06. The van der Waals surface area contributed by atoms with Gasteiger partial charge in [-0.15, -0.1) is 11.3 Å². The smallest absolute Gasteiger partial charge is 0.104 e. The summed E-state index contributed by atoms with van der Waals surface area (Å²) >= 11 is 1.60. The van der Waals surface area contributed by atoms with Crippen LogP contribution in [0.25, 0.3) is 0 Å². The molecule has 1 heterocycles. The Bertz CT molecular complexity index is 421. The zero-order chi connectivity index (χ0) is 15.2. The summed E-state index contributed by atoms with van der Waals surface area (Å²) in [5.74, 6) is 5.48. The predicted octanol–water partition coefficient (Wildman–Crippen LogP) is 1.29. The zero-order valence-corrected chi connectivity index (χ0v) is 13.1. The van der Waals surface area contributed by atoms with Crippen molar-refractivity contribution >= 4 is 11.3 Å². The van der Waals surface area contributed by atoms with Crippen LogP contribution in [0.2, 0.25) is 0 Å². The van der Waals surface area contributed by atoms with Crippen LogP contribution >= 0.6 is 11.3 Å². The normalized spacial score (nSPS) is 10.4. The number of methoxy groups -OCH3 is 1. The zero-order valence-electron chi connectivity index (χ0n) is 12.3. The SMILES string of the molecule is COCCOCCOCCOCc1cc(C#CCO)cs1. The summed E-state index contributed by atoms with van der Waals surface area (Å²) in [7, 11) is 1.65. The highest BCUT2D eigenvalue weighted by Gasteiger charge is 1.98. The second-order valence-electron chi connectivity index (χ2n) is 4.03. The van der Waals surface area contributed by atoms with Crippen LogP contribution in [0.4, 0.5) is 0 Å². The van der Waals surface area contributed by atoms with E-state index >= 15 is 0 Å². The molecule has 21 heavy (non-hydrogen) atoms. The Morgan fingerprint density at radius 3 is 2.38 bits per heavy atom. The Kier molecular flexibility index (Phi) is 11.0. The van der Waals surface area contributed by atoms with Gasteiger partial charge in [0.25, 0.3) is 0 Å². The average Bonchev–Trinajstić information content (AvgIpc) is 2.95. The second kappa shape index (κ2) is 12.8. The summed E-state index contributed by atoms with van der Waals surface area (Å²) in [6, 6.07) is 1.97. The van der Waals surface area contributed by atoms with E-state index in [1.165, 1.54) is 0 Å². The van der Waals surface area contributed by atoms with E-state index in [1.807, 2.05) is 11.4 Å². The first-order chi connectivity index (χ1) is 10.4. The van der Waals surface area contributed by atoms with Crippen molar-refractivity contribution in [3.05, 3.63) is 21.9 Å². The van der Waals surface area contributed by atoms with E-state index in [-0.39, 0.29) is 6.61 Å². The van der Waals surface area contributed by atoms with Crippen LogP contribution in [0.5, 0.6) is 0 Å². The molecule has 1 N–H and O–H groups in total. The van der Waals surface area contributed by atoms with Gasteiger partial charge in [0.15, 0.2) is 0 Å². The molecule has 0 radical (unpaired) electrons. The topological polar surface area (TPSA) is 57.2 Å². The number of rotatable bonds is 11. The molecule has 0 saturated heterocycles. The van der Waals surface area contributed by atoms with Crippen molar-refractivity contribution in [2.45, 2.75) is 6.61 Å². The summed E-state index contributed by atoms with van der Waals surface area (Å²) in [4.78, 5) is 1.11. The highest BCUT2D eigenvalue weighted by molar-refractivity contribution is 7.10. The average molecular weight is 314 g/mol. The van der Waals surface area contributed by atoms with E-state index in [0.29, 0.717) is 46.2 Å². The minimum absolute atomic E-state index is 0.117. The molecule has 0 atom stereocenters. The van der Waals surface area contributed by atoms with E-state index in [0.717, 1.165) is 10.4 Å². The lowest BCUT2D eigenvalue weighted by Crippen LogP contribution is -2.11. The van der Waals surface area contributed by atoms with Gasteiger partial charge in [0.2, 0.25) is 0 Å². The van der Waals surface area contributed by atoms with Crippen LogP contribution in [0.15, 0.2) is 11.4 Å². The van der Waals surface area contributed by atoms with Gasteiger partial charge in [0.1, 0.15) is 6.61 Å². The monoisotopic (exact) mass is 314 g/mol. The Labute approximate surface area is 129 Å². The number of aliphatic hydroxyl groups excluding tert-OH is 1. The molecule has 1 rings (SSSR count). The molecule has 5 nitrogen and oxygen atoms in total. The predicted molar refractivity (Wildman–Crippen MR) is 81.5 cm³/mol. The van der Waals surface area contributed by atoms with Crippen molar-refractivity contribution in [1.82, 2.24) is 0 Å². The number of thiophene rings is 1. The van der Waals surface area contributed by atoms with Gasteiger partial charge in [0.05, 0.1) is 46.2 Å². The molecule has 118 valence electrons. The molecule has 0 aliphatic heterocycles. The Hall–Kier alpha value is -0.940. The molecule has 1 aromatic heterocycles. The molecule has 0 aromatic carbocycles. The van der Waals surface area contributed by atoms with Gasteiger partial charge >= 0.3 is 0 Å². The van der Waals surface area contributed by atoms with Crippen molar-refractivity contribution in [1.29, 1.82) is 0 Å². The molecule has 0 unspecified atom stereocenters. The minimum Gasteiger partial charge on any atom is -0.384 e. The molecule has 0 bridgehead atoms. The van der Waals surface area contributed by atoms with Gasteiger partial charge in [-0.3, -0.25) is 0 Å². The molecule has 0 spiro atoms. The van der Waals surface area contributed by atoms with Gasteiger partial charge < -0.3 is 24.1 Å². The fourth-order valence-corrected chi connectivity index (χ4v) is 2.17. The largest absolute Gasteiger partial charge is 0.384 e. The van der Waals surface area contributed by atoms with Crippen molar-refractivity contribution in [2.24, 2.45) is 0 Å². The van der Waals surface area contributed by atoms with Crippen molar-refractivity contribution in [3.8, 4) is 11.8 Å². The second-order valence-corrected chi connectivity index (χ2v) is 5.03. The number of hydrogen-bond acceptors (Lipinski definition) is 6. The Balaban J connectivity index is 1.95. The lowest BCUT2D eigenvalue weighted by atomic mass is 10.3. The first kappa shape index (κ1) is 18.1. The van der Waals surface area contributed by atoms with Crippen LogP contribution < -0.4 is 0 Å². The summed E-state index contributed by atoms with van der Waals surface area (Å²) in [5.41, 5.74) is 0.914. The molecule has 0 fully saturated rings. The lowest BCUT2D eigenvalue weighted by molar-refractivity contribution is 0.00120. The van der Waals surface area contributed by atoms with Gasteiger partial charge in [-0.25, -0.2) is 0 Å². The van der Waals surface area contributed by atoms with Crippen LogP contribution in [-0.4, -0.2) is 58.5 Å². The number of aliphatic hydroxyl groups is 1. The Morgan fingerprint density at radius 2 is 1.71 bits per heavy atom. The van der Waals surface area contributed by atoms with Crippen LogP contribution in [-0.2, 0) is 25.6 Å². The Morgan fingerprint density at radius 1 is 1.05 bits per heavy atom. The maximum atomic E-state index is 8.62. The summed E-state index contributed by atoms with van der Waals surface area (Å²) < 4.78 is 21.0. The van der Waals surface area contributed by atoms with Crippen molar-refractivity contribution < 1.29 is 24.1 Å². The first-order valence-corrected chi connectivity index (χ1v) is 7.64. The minimum atomic E-state index is -0.117. The van der Waals surface area contributed by atoms with E-state index in [2.05, 4.69) is 11.8 Å². The standard InChI is InChI=1S/C15H22O5S/c1-17-5-6-18-7-8-19-9-10-20-12-15-11-14(13-21-15)3-2-4-16/h11,13,16H,4-10,12H2,1H3. The molecule has 1 aromatic rings. The highest BCUT2D eigenvalue weighted by Crippen LogP contribution is 2.14. The molecule has 0 aliphatic carbocycles. The molecule has 0 saturated carbocycles. The van der Waals surface area contributed by atoms with Crippen molar-refractivity contribution in [2.75, 3.05) is 53.4 Å². The van der Waals surface area contributed by atoms with Crippen LogP contribution in [0, 0.1) is 11.8 Å². The quantitative estimate of drug-likeness (QED) is 0.493. The van der Waals surface area contributed by atoms with Crippen molar-refractivity contribution in [3.63, 3.8) is 0 Å². The molecule has 6 heteroatoms. The third kappa shape index (κ3) is 9.58. The van der Waals surface area contributed by atoms with E-state index in [4.69, 9.17) is 24.1 Å². The molecular formula is C15H22O5S. The highest BCUT2D eigenvalue weighted by atomic mass is 32.1. The molecule has 0 amide bonds. The maximum Gasteiger partial charge on any atom is 0.104 e. The molecular weight excluding hydrogens is 292 g/mol. The van der Waals surface area contributed by atoms with E-state index in [9.17, 15) is 0 Å². The fraction of sp³-hybridized carbons (Fsp3) is 0.600. The summed E-state index contributed by atoms with van der Waals surface area (Å²) in [6.07, 6.45) is 0. The van der Waals surface area contributed by atoms with Gasteiger partial charge in [-0.2, -0.15) is 0 Å². The van der Waals surface area contributed by atoms with Crippen LogP contribution in [0.1, 0.15) is 10.4 Å². The van der Waals surface area contributed by atoms with E-state index in [1.54, 1.807) is 18.4 Å². The molecule has 0 aliphatic rings. The van der Waals surface area contributed by atoms with E-state index < -0.39 is 0 Å². The summed E-state index contributed by atoms with van der Waals surface area (Å²) in [6.45, 7) is 3.87. The third-order valence-corrected chi connectivity index (χ3v) is 3.30. The van der Waals surface area contributed by atoms with Gasteiger partial charge in [0, 0.05) is 22.9 Å². The number of ether oxygens (including phenoxy) is 4. The summed E-state index contributed by atoms with van der Waals surface area (Å²) in [5, 5.41) is 10.6. The fourth-order valence-electron chi connectivity index (χ4n) is 1.42. The number of hydrogen-bond donors (Lipinski definition) is 1. The van der Waals surface area contributed by atoms with Gasteiger partial charge in [-0.1, -0.05) is 11.8 Å². The maximum absolute atomic E-state index is 8.62. The van der Waals surface area contributed by atoms with Gasteiger partial charge in [-0.05, 0) is 6.07 Å². The third-order valence-electron chi connectivity index (χ3n) is 2.39. The van der Waals surface area contributed by atoms with Crippen LogP contribution in [0.3, 0.4) is 0 Å².